The Morgan fingerprint density at radius 1 is 1.16 bits per heavy atom. The Morgan fingerprint density at radius 3 is 2.79 bits per heavy atom. The highest BCUT2D eigenvalue weighted by Crippen LogP contribution is 2.32. The van der Waals surface area contributed by atoms with E-state index in [4.69, 9.17) is 10.2 Å². The summed E-state index contributed by atoms with van der Waals surface area (Å²) in [5, 5.41) is 0.584. The highest BCUT2D eigenvalue weighted by Gasteiger charge is 2.15. The van der Waals surface area contributed by atoms with Gasteiger partial charge in [0.2, 0.25) is 0 Å². The summed E-state index contributed by atoms with van der Waals surface area (Å²) in [4.78, 5) is 3.86. The second-order valence-corrected chi connectivity index (χ2v) is 4.10. The van der Waals surface area contributed by atoms with Gasteiger partial charge >= 0.3 is 0 Å². The molecule has 0 spiro atoms. The van der Waals surface area contributed by atoms with E-state index in [9.17, 15) is 8.78 Å². The van der Waals surface area contributed by atoms with Crippen LogP contribution in [-0.2, 0) is 6.54 Å². The smallest absolute Gasteiger partial charge is 0.278 e. The minimum Gasteiger partial charge on any atom is -0.430 e. The topological polar surface area (TPSA) is 52.0 Å². The Balaban J connectivity index is 2.30. The Kier molecular flexibility index (Phi) is 2.76. The zero-order valence-corrected chi connectivity index (χ0v) is 9.86. The molecule has 0 fully saturated rings. The zero-order valence-electron chi connectivity index (χ0n) is 9.86. The van der Waals surface area contributed by atoms with Gasteiger partial charge in [0.05, 0.1) is 5.69 Å². The summed E-state index contributed by atoms with van der Waals surface area (Å²) >= 11 is 0. The van der Waals surface area contributed by atoms with Crippen molar-refractivity contribution >= 4 is 11.0 Å². The normalized spacial score (nSPS) is 11.1. The average Bonchev–Trinajstić information content (AvgIpc) is 2.79. The highest BCUT2D eigenvalue weighted by atomic mass is 19.1. The van der Waals surface area contributed by atoms with Crippen molar-refractivity contribution in [3.05, 3.63) is 54.1 Å². The first kappa shape index (κ1) is 11.8. The van der Waals surface area contributed by atoms with Gasteiger partial charge in [0.25, 0.3) is 6.01 Å². The van der Waals surface area contributed by atoms with Crippen LogP contribution in [0.4, 0.5) is 8.78 Å². The second kappa shape index (κ2) is 4.44. The molecule has 0 aliphatic carbocycles. The molecule has 0 aliphatic heterocycles. The molecule has 0 saturated carbocycles. The average molecular weight is 260 g/mol. The Hall–Kier alpha value is -2.27. The van der Waals surface area contributed by atoms with Crippen LogP contribution >= 0.6 is 0 Å². The van der Waals surface area contributed by atoms with E-state index >= 15 is 0 Å². The molecule has 0 radical (unpaired) electrons. The maximum Gasteiger partial charge on any atom is 0.278 e. The van der Waals surface area contributed by atoms with E-state index in [2.05, 4.69) is 4.98 Å². The molecule has 3 nitrogen and oxygen atoms in total. The fourth-order valence-corrected chi connectivity index (χ4v) is 2.08. The molecule has 0 bridgehead atoms. The van der Waals surface area contributed by atoms with Crippen molar-refractivity contribution in [2.75, 3.05) is 0 Å². The molecule has 0 saturated heterocycles. The van der Waals surface area contributed by atoms with Gasteiger partial charge in [-0.2, -0.15) is 4.39 Å². The van der Waals surface area contributed by atoms with Gasteiger partial charge in [0.15, 0.2) is 5.82 Å². The van der Waals surface area contributed by atoms with Crippen molar-refractivity contribution in [2.45, 2.75) is 6.54 Å². The number of hydrogen-bond acceptors (Lipinski definition) is 3. The van der Waals surface area contributed by atoms with Crippen LogP contribution < -0.4 is 5.73 Å². The lowest BCUT2D eigenvalue weighted by molar-refractivity contribution is 0.381. The van der Waals surface area contributed by atoms with Crippen LogP contribution in [-0.4, -0.2) is 4.98 Å². The van der Waals surface area contributed by atoms with Gasteiger partial charge in [-0.05, 0) is 6.07 Å². The Morgan fingerprint density at radius 2 is 2.00 bits per heavy atom. The van der Waals surface area contributed by atoms with Gasteiger partial charge in [-0.1, -0.05) is 18.2 Å². The molecule has 0 aliphatic rings. The minimum absolute atomic E-state index is 0.00215. The van der Waals surface area contributed by atoms with Crippen LogP contribution in [0.25, 0.3) is 22.1 Å². The van der Waals surface area contributed by atoms with Crippen molar-refractivity contribution in [1.29, 1.82) is 0 Å². The third kappa shape index (κ3) is 1.88. The van der Waals surface area contributed by atoms with Gasteiger partial charge in [-0.15, -0.1) is 0 Å². The monoisotopic (exact) mass is 260 g/mol. The number of para-hydroxylation sites is 1. The van der Waals surface area contributed by atoms with E-state index in [-0.39, 0.29) is 12.2 Å². The maximum atomic E-state index is 14.2. The minimum atomic E-state index is -0.698. The summed E-state index contributed by atoms with van der Waals surface area (Å²) in [6.07, 6.45) is 1.47. The summed E-state index contributed by atoms with van der Waals surface area (Å²) < 4.78 is 32.4. The largest absolute Gasteiger partial charge is 0.430 e. The molecule has 0 atom stereocenters. The van der Waals surface area contributed by atoms with Crippen LogP contribution in [0.3, 0.4) is 0 Å². The van der Waals surface area contributed by atoms with Crippen LogP contribution in [0.2, 0.25) is 0 Å². The fraction of sp³-hybridized carbons (Fsp3) is 0.0714. The number of furan rings is 1. The molecular formula is C14H10F2N2O. The van der Waals surface area contributed by atoms with Gasteiger partial charge in [-0.3, -0.25) is 4.98 Å². The zero-order chi connectivity index (χ0) is 13.4. The SMILES string of the molecule is NCc1nccc(-c2cccc3cc(F)oc23)c1F. The van der Waals surface area contributed by atoms with Crippen LogP contribution in [0, 0.1) is 11.8 Å². The molecule has 0 amide bonds. The molecule has 3 aromatic rings. The van der Waals surface area contributed by atoms with E-state index in [0.717, 1.165) is 0 Å². The van der Waals surface area contributed by atoms with Crippen molar-refractivity contribution in [2.24, 2.45) is 5.73 Å². The standard InChI is InChI=1S/C14H10F2N2O/c15-12-6-8-2-1-3-10(14(8)19-12)9-4-5-18-11(7-17)13(9)16/h1-6H,7,17H2. The summed E-state index contributed by atoms with van der Waals surface area (Å²) in [5.41, 5.74) is 6.69. The van der Waals surface area contributed by atoms with E-state index in [1.807, 2.05) is 0 Å². The molecule has 5 heteroatoms. The molecule has 0 unspecified atom stereocenters. The fourth-order valence-electron chi connectivity index (χ4n) is 2.08. The van der Waals surface area contributed by atoms with E-state index < -0.39 is 11.8 Å². The Labute approximate surface area is 107 Å². The lowest BCUT2D eigenvalue weighted by Crippen LogP contribution is -2.04. The number of aromatic nitrogens is 1. The quantitative estimate of drug-likeness (QED) is 0.769. The third-order valence-corrected chi connectivity index (χ3v) is 2.96. The van der Waals surface area contributed by atoms with Gasteiger partial charge in [0.1, 0.15) is 5.58 Å². The van der Waals surface area contributed by atoms with Crippen molar-refractivity contribution in [3.63, 3.8) is 0 Å². The summed E-state index contributed by atoms with van der Waals surface area (Å²) in [5.74, 6) is -0.505. The summed E-state index contributed by atoms with van der Waals surface area (Å²) in [6.45, 7) is 0.00215. The van der Waals surface area contributed by atoms with Crippen molar-refractivity contribution < 1.29 is 13.2 Å². The molecule has 2 aromatic heterocycles. The van der Waals surface area contributed by atoms with Crippen molar-refractivity contribution in [1.82, 2.24) is 4.98 Å². The number of hydrogen-bond donors (Lipinski definition) is 1. The number of rotatable bonds is 2. The lowest BCUT2D eigenvalue weighted by Gasteiger charge is -2.06. The maximum absolute atomic E-state index is 14.2. The molecular weight excluding hydrogens is 250 g/mol. The van der Waals surface area contributed by atoms with E-state index in [0.29, 0.717) is 22.1 Å². The summed E-state index contributed by atoms with van der Waals surface area (Å²) in [7, 11) is 0. The van der Waals surface area contributed by atoms with E-state index in [1.54, 1.807) is 18.2 Å². The van der Waals surface area contributed by atoms with Crippen LogP contribution in [0.15, 0.2) is 40.9 Å². The molecule has 96 valence electrons. The molecule has 1 aromatic carbocycles. The number of fused-ring (bicyclic) bond motifs is 1. The van der Waals surface area contributed by atoms with Gasteiger partial charge in [-0.25, -0.2) is 4.39 Å². The number of nitrogens with two attached hydrogens (primary N) is 1. The second-order valence-electron chi connectivity index (χ2n) is 4.10. The first-order valence-electron chi connectivity index (χ1n) is 5.72. The summed E-state index contributed by atoms with van der Waals surface area (Å²) in [6, 6.07) is 7.18. The first-order chi connectivity index (χ1) is 9.20. The molecule has 2 N–H and O–H groups in total. The van der Waals surface area contributed by atoms with Gasteiger partial charge in [0, 0.05) is 35.3 Å². The number of halogens is 2. The number of nitrogens with zero attached hydrogens (tertiary/aromatic N) is 1. The highest BCUT2D eigenvalue weighted by molar-refractivity contribution is 5.92. The molecule has 2 heterocycles. The number of benzene rings is 1. The predicted octanol–water partition coefficient (Wildman–Crippen LogP) is 3.23. The third-order valence-electron chi connectivity index (χ3n) is 2.96. The Bertz CT molecular complexity index is 752. The predicted molar refractivity (Wildman–Crippen MR) is 67.3 cm³/mol. The first-order valence-corrected chi connectivity index (χ1v) is 5.72. The van der Waals surface area contributed by atoms with Crippen molar-refractivity contribution in [3.8, 4) is 11.1 Å². The van der Waals surface area contributed by atoms with Gasteiger partial charge < -0.3 is 10.2 Å². The number of pyridine rings is 1. The lowest BCUT2D eigenvalue weighted by atomic mass is 10.0. The van der Waals surface area contributed by atoms with Crippen LogP contribution in [0.5, 0.6) is 0 Å². The van der Waals surface area contributed by atoms with Crippen LogP contribution in [0.1, 0.15) is 5.69 Å². The van der Waals surface area contributed by atoms with E-state index in [1.165, 1.54) is 18.3 Å². The molecule has 19 heavy (non-hydrogen) atoms. The molecule has 3 rings (SSSR count).